The zero-order chi connectivity index (χ0) is 13.5. The lowest BCUT2D eigenvalue weighted by Gasteiger charge is -2.10. The van der Waals surface area contributed by atoms with Gasteiger partial charge in [0.15, 0.2) is 0 Å². The molecule has 0 aliphatic heterocycles. The summed E-state index contributed by atoms with van der Waals surface area (Å²) < 4.78 is 0. The highest BCUT2D eigenvalue weighted by molar-refractivity contribution is 5.75. The van der Waals surface area contributed by atoms with Crippen molar-refractivity contribution in [3.63, 3.8) is 0 Å². The Hall–Kier alpha value is -1.80. The van der Waals surface area contributed by atoms with Gasteiger partial charge in [0.25, 0.3) is 0 Å². The molecule has 2 aliphatic carbocycles. The maximum Gasteiger partial charge on any atom is 0.0340 e. The molecule has 0 fully saturated rings. The Balaban J connectivity index is 0.000000180. The van der Waals surface area contributed by atoms with E-state index < -0.39 is 0 Å². The Morgan fingerprint density at radius 2 is 1.37 bits per heavy atom. The van der Waals surface area contributed by atoms with Crippen LogP contribution in [0, 0.1) is 0 Å². The largest absolute Gasteiger partial charge is 0.384 e. The first-order chi connectivity index (χ1) is 9.25. The van der Waals surface area contributed by atoms with Crippen molar-refractivity contribution in [1.82, 2.24) is 5.32 Å². The molecule has 2 heteroatoms. The van der Waals surface area contributed by atoms with Crippen LogP contribution in [0.1, 0.15) is 13.8 Å². The smallest absolute Gasteiger partial charge is 0.0340 e. The van der Waals surface area contributed by atoms with Gasteiger partial charge in [-0.1, -0.05) is 56.3 Å². The predicted octanol–water partition coefficient (Wildman–Crippen LogP) is 3.76. The van der Waals surface area contributed by atoms with Crippen LogP contribution in [0.5, 0.6) is 0 Å². The van der Waals surface area contributed by atoms with Crippen LogP contribution >= 0.6 is 0 Å². The van der Waals surface area contributed by atoms with Crippen molar-refractivity contribution in [2.75, 3.05) is 18.4 Å². The van der Waals surface area contributed by atoms with Crippen molar-refractivity contribution >= 4 is 5.69 Å². The summed E-state index contributed by atoms with van der Waals surface area (Å²) in [6.07, 6.45) is 0. The molecular formula is C17H22N2. The molecule has 0 amide bonds. The fourth-order valence-electron chi connectivity index (χ4n) is 1.79. The van der Waals surface area contributed by atoms with Crippen LogP contribution in [0.3, 0.4) is 0 Å². The summed E-state index contributed by atoms with van der Waals surface area (Å²) in [6, 6.07) is 19.3. The molecule has 3 rings (SSSR count). The topological polar surface area (TPSA) is 24.1 Å². The quantitative estimate of drug-likeness (QED) is 0.677. The lowest BCUT2D eigenvalue weighted by Crippen LogP contribution is -2.28. The molecule has 1 aromatic rings. The highest BCUT2D eigenvalue weighted by atomic mass is 15.0. The van der Waals surface area contributed by atoms with E-state index in [9.17, 15) is 0 Å². The molecule has 100 valence electrons. The van der Waals surface area contributed by atoms with Gasteiger partial charge in [-0.3, -0.25) is 0 Å². The second kappa shape index (κ2) is 6.95. The summed E-state index contributed by atoms with van der Waals surface area (Å²) >= 11 is 0. The fourth-order valence-corrected chi connectivity index (χ4v) is 1.79. The summed E-state index contributed by atoms with van der Waals surface area (Å²) in [6.45, 7) is 6.29. The zero-order valence-corrected chi connectivity index (χ0v) is 11.7. The van der Waals surface area contributed by atoms with Gasteiger partial charge in [-0.2, -0.15) is 0 Å². The van der Waals surface area contributed by atoms with E-state index in [2.05, 4.69) is 60.9 Å². The number of hydrogen-bond donors (Lipinski definition) is 2. The van der Waals surface area contributed by atoms with Gasteiger partial charge < -0.3 is 10.6 Å². The summed E-state index contributed by atoms with van der Waals surface area (Å²) in [5.74, 6) is 0. The van der Waals surface area contributed by atoms with Gasteiger partial charge in [-0.25, -0.2) is 0 Å². The van der Waals surface area contributed by atoms with Crippen LogP contribution in [-0.4, -0.2) is 19.1 Å². The lowest BCUT2D eigenvalue weighted by molar-refractivity contribution is 0.602. The molecule has 0 atom stereocenters. The Bertz CT molecular complexity index is 453. The average molecular weight is 254 g/mol. The third kappa shape index (κ3) is 4.42. The number of anilines is 1. The van der Waals surface area contributed by atoms with Gasteiger partial charge >= 0.3 is 0 Å². The summed E-state index contributed by atoms with van der Waals surface area (Å²) in [5, 5.41) is 6.69. The maximum absolute atomic E-state index is 3.35. The highest BCUT2D eigenvalue weighted by Gasteiger charge is 2.03. The van der Waals surface area contributed by atoms with Crippen LogP contribution in [-0.2, 0) is 0 Å². The molecule has 2 N–H and O–H groups in total. The Labute approximate surface area is 115 Å². The predicted molar refractivity (Wildman–Crippen MR) is 83.5 cm³/mol. The minimum atomic E-state index is 0.567. The number of para-hydroxylation sites is 1. The van der Waals surface area contributed by atoms with Crippen molar-refractivity contribution in [2.24, 2.45) is 0 Å². The second-order valence-corrected chi connectivity index (χ2v) is 4.98. The molecule has 0 saturated carbocycles. The van der Waals surface area contributed by atoms with Gasteiger partial charge in [0.1, 0.15) is 0 Å². The van der Waals surface area contributed by atoms with E-state index in [0.717, 1.165) is 13.1 Å². The van der Waals surface area contributed by atoms with Crippen LogP contribution in [0.25, 0.3) is 11.1 Å². The first-order valence-electron chi connectivity index (χ1n) is 6.88. The SMILES string of the molecule is CC(C)NCCNc1ccccc1.c1cc2ccc1-2. The van der Waals surface area contributed by atoms with E-state index in [1.807, 2.05) is 18.2 Å². The zero-order valence-electron chi connectivity index (χ0n) is 11.7. The van der Waals surface area contributed by atoms with Crippen molar-refractivity contribution in [2.45, 2.75) is 19.9 Å². The highest BCUT2D eigenvalue weighted by Crippen LogP contribution is 2.29. The van der Waals surface area contributed by atoms with E-state index in [1.165, 1.54) is 16.8 Å². The normalized spacial score (nSPS) is 10.7. The molecule has 2 aliphatic rings. The van der Waals surface area contributed by atoms with Crippen LogP contribution in [0.4, 0.5) is 5.69 Å². The van der Waals surface area contributed by atoms with E-state index in [0.29, 0.717) is 6.04 Å². The number of benzene rings is 2. The molecule has 0 spiro atoms. The number of nitrogens with one attached hydrogen (secondary N) is 2. The average Bonchev–Trinajstić information content (AvgIpc) is 2.41. The van der Waals surface area contributed by atoms with Crippen LogP contribution in [0.2, 0.25) is 0 Å². The maximum atomic E-state index is 3.35. The summed E-state index contributed by atoms with van der Waals surface area (Å²) in [4.78, 5) is 0. The van der Waals surface area contributed by atoms with Crippen LogP contribution < -0.4 is 10.6 Å². The Morgan fingerprint density at radius 3 is 1.79 bits per heavy atom. The van der Waals surface area contributed by atoms with E-state index in [1.54, 1.807) is 0 Å². The van der Waals surface area contributed by atoms with Gasteiger partial charge in [-0.05, 0) is 23.3 Å². The van der Waals surface area contributed by atoms with Gasteiger partial charge in [-0.15, -0.1) is 0 Å². The van der Waals surface area contributed by atoms with E-state index in [4.69, 9.17) is 0 Å². The molecule has 0 unspecified atom stereocenters. The van der Waals surface area contributed by atoms with Crippen molar-refractivity contribution in [3.05, 3.63) is 54.6 Å². The van der Waals surface area contributed by atoms with Crippen molar-refractivity contribution in [1.29, 1.82) is 0 Å². The molecule has 1 aromatic carbocycles. The van der Waals surface area contributed by atoms with Gasteiger partial charge in [0, 0.05) is 24.8 Å². The lowest BCUT2D eigenvalue weighted by atomic mass is 9.95. The van der Waals surface area contributed by atoms with Crippen molar-refractivity contribution in [3.8, 4) is 11.1 Å². The first-order valence-corrected chi connectivity index (χ1v) is 6.88. The van der Waals surface area contributed by atoms with Gasteiger partial charge in [0.05, 0.1) is 0 Å². The van der Waals surface area contributed by atoms with E-state index >= 15 is 0 Å². The number of fused-ring (bicyclic) bond motifs is 1. The molecule has 2 nitrogen and oxygen atoms in total. The number of hydrogen-bond acceptors (Lipinski definition) is 2. The molecule has 0 saturated heterocycles. The minimum Gasteiger partial charge on any atom is -0.384 e. The summed E-state index contributed by atoms with van der Waals surface area (Å²) in [7, 11) is 0. The standard InChI is InChI=1S/C11H18N2.C6H4/c1-10(2)12-8-9-13-11-6-4-3-5-7-11;1-2-6-4-3-5(1)6/h3-7,10,12-13H,8-9H2,1-2H3;1-4H. The molecule has 0 bridgehead atoms. The summed E-state index contributed by atoms with van der Waals surface area (Å²) in [5.41, 5.74) is 4.04. The molecule has 19 heavy (non-hydrogen) atoms. The second-order valence-electron chi connectivity index (χ2n) is 4.98. The Kier molecular flexibility index (Phi) is 4.99. The molecule has 0 aromatic heterocycles. The molecule has 0 radical (unpaired) electrons. The van der Waals surface area contributed by atoms with E-state index in [-0.39, 0.29) is 0 Å². The Morgan fingerprint density at radius 1 is 0.789 bits per heavy atom. The third-order valence-corrected chi connectivity index (χ3v) is 3.00. The minimum absolute atomic E-state index is 0.567. The monoisotopic (exact) mass is 254 g/mol. The third-order valence-electron chi connectivity index (χ3n) is 3.00. The van der Waals surface area contributed by atoms with Crippen LogP contribution in [0.15, 0.2) is 54.6 Å². The first kappa shape index (κ1) is 13.6. The van der Waals surface area contributed by atoms with Gasteiger partial charge in [0.2, 0.25) is 0 Å². The molecule has 0 heterocycles. The fraction of sp³-hybridized carbons (Fsp3) is 0.294. The number of rotatable bonds is 5. The van der Waals surface area contributed by atoms with Crippen molar-refractivity contribution < 1.29 is 0 Å². The molecular weight excluding hydrogens is 232 g/mol.